The minimum Gasteiger partial charge on any atom is -0.495 e. The maximum absolute atomic E-state index is 12.2. The molecule has 0 radical (unpaired) electrons. The minimum absolute atomic E-state index is 0.152. The molecule has 0 aliphatic heterocycles. The lowest BCUT2D eigenvalue weighted by Gasteiger charge is -2.11. The fraction of sp³-hybridized carbons (Fsp3) is 0.267. The highest BCUT2D eigenvalue weighted by Crippen LogP contribution is 2.30. The fourth-order valence-electron chi connectivity index (χ4n) is 2.13. The highest BCUT2D eigenvalue weighted by molar-refractivity contribution is 5.93. The maximum Gasteiger partial charge on any atom is 0.247 e. The van der Waals surface area contributed by atoms with Crippen molar-refractivity contribution in [2.75, 3.05) is 12.4 Å². The third-order valence-electron chi connectivity index (χ3n) is 3.31. The number of amides is 1. The lowest BCUT2D eigenvalue weighted by molar-refractivity contribution is -0.116. The average molecular weight is 328 g/mol. The number of hydrogen-bond donors (Lipinski definition) is 1. The molecule has 1 aromatic carbocycles. The first-order valence-corrected chi connectivity index (χ1v) is 7.26. The molecule has 124 valence electrons. The molecule has 0 spiro atoms. The van der Waals surface area contributed by atoms with Gasteiger partial charge in [-0.1, -0.05) is 0 Å². The quantitative estimate of drug-likeness (QED) is 0.733. The van der Waals surface area contributed by atoms with E-state index in [0.717, 1.165) is 0 Å². The van der Waals surface area contributed by atoms with Crippen LogP contribution in [-0.2, 0) is 11.3 Å². The van der Waals surface area contributed by atoms with E-state index < -0.39 is 0 Å². The van der Waals surface area contributed by atoms with Crippen LogP contribution in [0.3, 0.4) is 0 Å². The van der Waals surface area contributed by atoms with Crippen molar-refractivity contribution >= 4 is 11.6 Å². The number of nitrogens with zero attached hydrogens (tertiary/aromatic N) is 5. The second-order valence-electron chi connectivity index (χ2n) is 5.04. The van der Waals surface area contributed by atoms with Gasteiger partial charge in [0.1, 0.15) is 18.4 Å². The van der Waals surface area contributed by atoms with E-state index >= 15 is 0 Å². The molecule has 9 nitrogen and oxygen atoms in total. The van der Waals surface area contributed by atoms with Gasteiger partial charge < -0.3 is 19.0 Å². The number of rotatable bonds is 6. The van der Waals surface area contributed by atoms with Crippen LogP contribution >= 0.6 is 0 Å². The fourth-order valence-corrected chi connectivity index (χ4v) is 2.13. The number of methoxy groups -OCH3 is 1. The normalized spacial score (nSPS) is 10.6. The van der Waals surface area contributed by atoms with Crippen molar-refractivity contribution in [3.05, 3.63) is 36.7 Å². The van der Waals surface area contributed by atoms with E-state index in [-0.39, 0.29) is 12.3 Å². The Morgan fingerprint density at radius 3 is 2.75 bits per heavy atom. The number of carbonyl (C=O) groups is 1. The van der Waals surface area contributed by atoms with Crippen LogP contribution < -0.4 is 10.1 Å². The van der Waals surface area contributed by atoms with Gasteiger partial charge >= 0.3 is 0 Å². The second-order valence-corrected chi connectivity index (χ2v) is 5.04. The predicted molar refractivity (Wildman–Crippen MR) is 84.3 cm³/mol. The lowest BCUT2D eigenvalue weighted by Crippen LogP contribution is -2.14. The molecule has 0 aliphatic carbocycles. The van der Waals surface area contributed by atoms with Crippen molar-refractivity contribution in [2.24, 2.45) is 0 Å². The van der Waals surface area contributed by atoms with Crippen LogP contribution in [0.15, 0.2) is 35.3 Å². The van der Waals surface area contributed by atoms with Crippen LogP contribution in [0.25, 0.3) is 11.5 Å². The molecule has 2 heterocycles. The van der Waals surface area contributed by atoms with Crippen molar-refractivity contribution in [2.45, 2.75) is 19.9 Å². The molecule has 3 aromatic rings. The van der Waals surface area contributed by atoms with E-state index in [0.29, 0.717) is 35.3 Å². The summed E-state index contributed by atoms with van der Waals surface area (Å²) in [5.74, 6) is 1.25. The maximum atomic E-state index is 12.2. The van der Waals surface area contributed by atoms with Crippen molar-refractivity contribution in [1.82, 2.24) is 25.0 Å². The zero-order valence-corrected chi connectivity index (χ0v) is 13.3. The van der Waals surface area contributed by atoms with E-state index in [4.69, 9.17) is 9.15 Å². The number of hydrogen-bond acceptors (Lipinski definition) is 7. The molecule has 0 saturated heterocycles. The first-order chi connectivity index (χ1) is 11.7. The second kappa shape index (κ2) is 6.90. The van der Waals surface area contributed by atoms with Gasteiger partial charge in [-0.3, -0.25) is 4.79 Å². The lowest BCUT2D eigenvalue weighted by atomic mass is 10.1. The summed E-state index contributed by atoms with van der Waals surface area (Å²) in [5, 5.41) is 18.0. The van der Waals surface area contributed by atoms with Gasteiger partial charge in [0.05, 0.1) is 12.8 Å². The summed E-state index contributed by atoms with van der Waals surface area (Å²) in [5.41, 5.74) is 1.24. The highest BCUT2D eigenvalue weighted by atomic mass is 16.5. The summed E-state index contributed by atoms with van der Waals surface area (Å²) in [7, 11) is 1.54. The summed E-state index contributed by atoms with van der Waals surface area (Å²) in [6.07, 6.45) is 3.41. The monoisotopic (exact) mass is 328 g/mol. The Balaban J connectivity index is 1.74. The van der Waals surface area contributed by atoms with E-state index in [9.17, 15) is 4.79 Å². The van der Waals surface area contributed by atoms with Crippen molar-refractivity contribution < 1.29 is 13.9 Å². The van der Waals surface area contributed by atoms with Crippen LogP contribution in [0, 0.1) is 6.92 Å². The Bertz CT molecular complexity index is 828. The van der Waals surface area contributed by atoms with Crippen molar-refractivity contribution in [1.29, 1.82) is 0 Å². The standard InChI is InChI=1S/C15H16N6O3/c1-10-19-20-15(24-10)11-3-4-13(23-2)12(7-11)18-14(22)5-6-21-8-16-17-9-21/h3-4,7-9H,5-6H2,1-2H3,(H,18,22). The number of carbonyl (C=O) groups excluding carboxylic acids is 1. The first-order valence-electron chi connectivity index (χ1n) is 7.26. The van der Waals surface area contributed by atoms with Crippen LogP contribution in [0.1, 0.15) is 12.3 Å². The summed E-state index contributed by atoms with van der Waals surface area (Å²) in [6.45, 7) is 2.21. The Morgan fingerprint density at radius 1 is 1.29 bits per heavy atom. The summed E-state index contributed by atoms with van der Waals surface area (Å²) in [6, 6.07) is 5.27. The Morgan fingerprint density at radius 2 is 2.08 bits per heavy atom. The van der Waals surface area contributed by atoms with Crippen molar-refractivity contribution in [3.63, 3.8) is 0 Å². The molecule has 0 bridgehead atoms. The van der Waals surface area contributed by atoms with Crippen LogP contribution in [-0.4, -0.2) is 38.0 Å². The molecule has 0 atom stereocenters. The minimum atomic E-state index is -0.152. The Hall–Kier alpha value is -3.23. The molecule has 0 unspecified atom stereocenters. The molecule has 2 aromatic heterocycles. The molecular weight excluding hydrogens is 312 g/mol. The molecule has 1 amide bonds. The van der Waals surface area contributed by atoms with Crippen LogP contribution in [0.4, 0.5) is 5.69 Å². The van der Waals surface area contributed by atoms with E-state index in [2.05, 4.69) is 25.7 Å². The number of ether oxygens (including phenoxy) is 1. The largest absolute Gasteiger partial charge is 0.495 e. The van der Waals surface area contributed by atoms with Gasteiger partial charge in [-0.05, 0) is 18.2 Å². The van der Waals surface area contributed by atoms with Gasteiger partial charge in [-0.25, -0.2) is 0 Å². The van der Waals surface area contributed by atoms with Gasteiger partial charge in [-0.15, -0.1) is 20.4 Å². The van der Waals surface area contributed by atoms with Gasteiger partial charge in [0.25, 0.3) is 0 Å². The first kappa shape index (κ1) is 15.7. The SMILES string of the molecule is COc1ccc(-c2nnc(C)o2)cc1NC(=O)CCn1cnnc1. The summed E-state index contributed by atoms with van der Waals surface area (Å²) < 4.78 is 12.4. The predicted octanol–water partition coefficient (Wildman–Crippen LogP) is 1.67. The number of benzene rings is 1. The molecule has 1 N–H and O–H groups in total. The van der Waals surface area contributed by atoms with Gasteiger partial charge in [0, 0.05) is 25.5 Å². The topological polar surface area (TPSA) is 108 Å². The molecule has 0 aliphatic rings. The Kier molecular flexibility index (Phi) is 4.50. The zero-order chi connectivity index (χ0) is 16.9. The molecule has 0 fully saturated rings. The average Bonchev–Trinajstić information content (AvgIpc) is 3.24. The number of anilines is 1. The zero-order valence-electron chi connectivity index (χ0n) is 13.3. The van der Waals surface area contributed by atoms with E-state index in [1.54, 1.807) is 49.5 Å². The highest BCUT2D eigenvalue weighted by Gasteiger charge is 2.12. The number of aryl methyl sites for hydroxylation is 2. The van der Waals surface area contributed by atoms with E-state index in [1.165, 1.54) is 0 Å². The molecule has 24 heavy (non-hydrogen) atoms. The smallest absolute Gasteiger partial charge is 0.247 e. The molecule has 0 saturated carbocycles. The van der Waals surface area contributed by atoms with Gasteiger partial charge in [-0.2, -0.15) is 0 Å². The van der Waals surface area contributed by atoms with Gasteiger partial charge in [0.2, 0.25) is 17.7 Å². The third kappa shape index (κ3) is 3.57. The molecule has 9 heteroatoms. The van der Waals surface area contributed by atoms with Crippen LogP contribution in [0.2, 0.25) is 0 Å². The van der Waals surface area contributed by atoms with E-state index in [1.807, 2.05) is 0 Å². The van der Waals surface area contributed by atoms with Crippen LogP contribution in [0.5, 0.6) is 5.75 Å². The summed E-state index contributed by atoms with van der Waals surface area (Å²) in [4.78, 5) is 12.2. The number of aromatic nitrogens is 5. The van der Waals surface area contributed by atoms with Crippen molar-refractivity contribution in [3.8, 4) is 17.2 Å². The van der Waals surface area contributed by atoms with Gasteiger partial charge in [0.15, 0.2) is 0 Å². The molecular formula is C15H16N6O3. The summed E-state index contributed by atoms with van der Waals surface area (Å²) >= 11 is 0. The Labute approximate surface area is 137 Å². The third-order valence-corrected chi connectivity index (χ3v) is 3.31. The number of nitrogens with one attached hydrogen (secondary N) is 1. The molecule has 3 rings (SSSR count).